The Kier molecular flexibility index (Phi) is 7.17. The molecule has 2 N–H and O–H groups in total. The fourth-order valence-electron chi connectivity index (χ4n) is 3.51. The highest BCUT2D eigenvalue weighted by atomic mass is 19.4. The fourth-order valence-corrected chi connectivity index (χ4v) is 3.51. The molecule has 1 fully saturated rings. The summed E-state index contributed by atoms with van der Waals surface area (Å²) in [6.07, 6.45) is -4.29. The average Bonchev–Trinajstić information content (AvgIpc) is 2.74. The quantitative estimate of drug-likeness (QED) is 0.675. The van der Waals surface area contributed by atoms with E-state index in [0.717, 1.165) is 22.7 Å². The molecular weight excluding hydrogens is 411 g/mol. The van der Waals surface area contributed by atoms with E-state index >= 15 is 0 Å². The molecule has 0 aromatic heterocycles. The number of halogens is 3. The minimum Gasteiger partial charge on any atom is -0.464 e. The van der Waals surface area contributed by atoms with Crippen LogP contribution in [-0.2, 0) is 23.9 Å². The second kappa shape index (κ2) is 9.82. The first kappa shape index (κ1) is 22.6. The van der Waals surface area contributed by atoms with Crippen molar-refractivity contribution in [1.82, 2.24) is 15.3 Å². The highest BCUT2D eigenvalue weighted by molar-refractivity contribution is 5.78. The van der Waals surface area contributed by atoms with E-state index in [1.165, 1.54) is 12.1 Å². The number of carbonyl (C=O) groups excluding carboxylic acids is 1. The second-order valence-corrected chi connectivity index (χ2v) is 7.51. The van der Waals surface area contributed by atoms with Crippen molar-refractivity contribution in [3.63, 3.8) is 0 Å². The highest BCUT2D eigenvalue weighted by Crippen LogP contribution is 2.29. The first-order chi connectivity index (χ1) is 14.7. The zero-order valence-electron chi connectivity index (χ0n) is 16.8. The molecule has 1 saturated heterocycles. The van der Waals surface area contributed by atoms with E-state index in [1.807, 2.05) is 30.3 Å². The predicted octanol–water partition coefficient (Wildman–Crippen LogP) is 3.92. The fraction of sp³-hybridized carbons (Fsp3) is 0.364. The van der Waals surface area contributed by atoms with Gasteiger partial charge in [-0.05, 0) is 36.1 Å². The maximum atomic E-state index is 12.7. The number of hydrogen-bond acceptors (Lipinski definition) is 3. The predicted molar refractivity (Wildman–Crippen MR) is 108 cm³/mol. The van der Waals surface area contributed by atoms with Crippen LogP contribution in [0.15, 0.2) is 54.6 Å². The number of nitrogens with one attached hydrogen (secondary N) is 1. The Morgan fingerprint density at radius 2 is 1.61 bits per heavy atom. The highest BCUT2D eigenvalue weighted by Gasteiger charge is 2.30. The Balaban J connectivity index is 1.49. The third-order valence-electron chi connectivity index (χ3n) is 5.24. The van der Waals surface area contributed by atoms with E-state index in [1.54, 1.807) is 4.90 Å². The SMILES string of the molecule is O=C(Cc1ccc(C(F)(F)F)cc1)N1CCC(NN(Cc2ccccc2)C(=O)O)CC1. The van der Waals surface area contributed by atoms with Crippen LogP contribution in [-0.4, -0.2) is 46.1 Å². The van der Waals surface area contributed by atoms with Crippen molar-refractivity contribution < 1.29 is 27.9 Å². The summed E-state index contributed by atoms with van der Waals surface area (Å²) in [6.45, 7) is 1.12. The van der Waals surface area contributed by atoms with Crippen molar-refractivity contribution in [3.05, 3.63) is 71.3 Å². The largest absolute Gasteiger partial charge is 0.464 e. The van der Waals surface area contributed by atoms with Gasteiger partial charge in [0.25, 0.3) is 0 Å². The van der Waals surface area contributed by atoms with Crippen LogP contribution in [0.2, 0.25) is 0 Å². The maximum absolute atomic E-state index is 12.7. The number of carboxylic acid groups (broad SMARTS) is 1. The normalized spacial score (nSPS) is 15.0. The van der Waals surface area contributed by atoms with Crippen LogP contribution in [0, 0.1) is 0 Å². The lowest BCUT2D eigenvalue weighted by molar-refractivity contribution is -0.137. The van der Waals surface area contributed by atoms with Gasteiger partial charge >= 0.3 is 12.3 Å². The topological polar surface area (TPSA) is 72.9 Å². The molecule has 0 unspecified atom stereocenters. The van der Waals surface area contributed by atoms with Crippen LogP contribution >= 0.6 is 0 Å². The lowest BCUT2D eigenvalue weighted by Crippen LogP contribution is -2.52. The van der Waals surface area contributed by atoms with Crippen LogP contribution in [0.25, 0.3) is 0 Å². The van der Waals surface area contributed by atoms with Crippen LogP contribution in [0.5, 0.6) is 0 Å². The molecule has 1 aliphatic rings. The first-order valence-corrected chi connectivity index (χ1v) is 9.97. The lowest BCUT2D eigenvalue weighted by Gasteiger charge is -2.35. The molecule has 166 valence electrons. The summed E-state index contributed by atoms with van der Waals surface area (Å²) >= 11 is 0. The van der Waals surface area contributed by atoms with E-state index in [4.69, 9.17) is 0 Å². The Labute approximate surface area is 178 Å². The summed E-state index contributed by atoms with van der Waals surface area (Å²) < 4.78 is 38.0. The third-order valence-corrected chi connectivity index (χ3v) is 5.24. The summed E-state index contributed by atoms with van der Waals surface area (Å²) in [5.41, 5.74) is 3.67. The summed E-state index contributed by atoms with van der Waals surface area (Å²) in [4.78, 5) is 25.7. The number of rotatable bonds is 6. The molecule has 0 spiro atoms. The number of hydrazine groups is 1. The van der Waals surface area contributed by atoms with E-state index in [2.05, 4.69) is 5.43 Å². The van der Waals surface area contributed by atoms with Crippen molar-refractivity contribution in [2.75, 3.05) is 13.1 Å². The molecule has 0 radical (unpaired) electrons. The minimum atomic E-state index is -4.40. The molecule has 0 aliphatic carbocycles. The zero-order chi connectivity index (χ0) is 22.4. The Bertz CT molecular complexity index is 880. The molecule has 2 aromatic carbocycles. The Morgan fingerprint density at radius 1 is 1.00 bits per heavy atom. The number of nitrogens with zero attached hydrogens (tertiary/aromatic N) is 2. The van der Waals surface area contributed by atoms with Gasteiger partial charge in [-0.1, -0.05) is 42.5 Å². The number of likely N-dealkylation sites (tertiary alicyclic amines) is 1. The Hall–Kier alpha value is -3.07. The van der Waals surface area contributed by atoms with Crippen molar-refractivity contribution >= 4 is 12.0 Å². The molecule has 0 saturated carbocycles. The third kappa shape index (κ3) is 6.45. The van der Waals surface area contributed by atoms with Gasteiger partial charge in [0.1, 0.15) is 0 Å². The van der Waals surface area contributed by atoms with Crippen LogP contribution in [0.1, 0.15) is 29.5 Å². The number of piperidine rings is 1. The molecule has 6 nitrogen and oxygen atoms in total. The van der Waals surface area contributed by atoms with Gasteiger partial charge in [-0.15, -0.1) is 0 Å². The smallest absolute Gasteiger partial charge is 0.422 e. The number of benzene rings is 2. The summed E-state index contributed by atoms with van der Waals surface area (Å²) in [7, 11) is 0. The van der Waals surface area contributed by atoms with Gasteiger partial charge in [-0.25, -0.2) is 15.2 Å². The monoisotopic (exact) mass is 435 g/mol. The molecule has 9 heteroatoms. The zero-order valence-corrected chi connectivity index (χ0v) is 16.8. The Morgan fingerprint density at radius 3 is 2.16 bits per heavy atom. The van der Waals surface area contributed by atoms with Gasteiger partial charge in [0.2, 0.25) is 5.91 Å². The van der Waals surface area contributed by atoms with Crippen molar-refractivity contribution in [2.24, 2.45) is 0 Å². The molecule has 0 atom stereocenters. The number of amides is 2. The van der Waals surface area contributed by atoms with Gasteiger partial charge in [0, 0.05) is 19.1 Å². The summed E-state index contributed by atoms with van der Waals surface area (Å²) in [5.74, 6) is -0.155. The number of alkyl halides is 3. The molecule has 3 rings (SSSR count). The summed E-state index contributed by atoms with van der Waals surface area (Å²) in [6, 6.07) is 13.8. The lowest BCUT2D eigenvalue weighted by atomic mass is 10.0. The van der Waals surface area contributed by atoms with Gasteiger partial charge in [0.05, 0.1) is 18.5 Å². The van der Waals surface area contributed by atoms with Crippen molar-refractivity contribution in [1.29, 1.82) is 0 Å². The van der Waals surface area contributed by atoms with Gasteiger partial charge in [-0.2, -0.15) is 13.2 Å². The van der Waals surface area contributed by atoms with Crippen LogP contribution < -0.4 is 5.43 Å². The van der Waals surface area contributed by atoms with Crippen molar-refractivity contribution in [3.8, 4) is 0 Å². The molecular formula is C22H24F3N3O3. The van der Waals surface area contributed by atoms with Gasteiger partial charge in [-0.3, -0.25) is 4.79 Å². The molecule has 1 aliphatic heterocycles. The molecule has 2 aromatic rings. The molecule has 1 heterocycles. The van der Waals surface area contributed by atoms with Gasteiger partial charge in [0.15, 0.2) is 0 Å². The molecule has 2 amide bonds. The van der Waals surface area contributed by atoms with Crippen LogP contribution in [0.3, 0.4) is 0 Å². The molecule has 31 heavy (non-hydrogen) atoms. The van der Waals surface area contributed by atoms with E-state index in [-0.39, 0.29) is 24.9 Å². The van der Waals surface area contributed by atoms with Crippen LogP contribution in [0.4, 0.5) is 18.0 Å². The van der Waals surface area contributed by atoms with Gasteiger partial charge < -0.3 is 10.0 Å². The average molecular weight is 435 g/mol. The molecule has 0 bridgehead atoms. The number of hydrogen-bond donors (Lipinski definition) is 2. The van der Waals surface area contributed by atoms with E-state index in [9.17, 15) is 27.9 Å². The van der Waals surface area contributed by atoms with E-state index in [0.29, 0.717) is 31.5 Å². The number of carbonyl (C=O) groups is 2. The standard InChI is InChI=1S/C22H24F3N3O3/c23-22(24,25)18-8-6-16(7-9-18)14-20(29)27-12-10-19(11-13-27)26-28(21(30)31)15-17-4-2-1-3-5-17/h1-9,19,26H,10-15H2,(H,30,31). The van der Waals surface area contributed by atoms with Crippen molar-refractivity contribution in [2.45, 2.75) is 38.0 Å². The maximum Gasteiger partial charge on any atom is 0.422 e. The minimum absolute atomic E-state index is 0.0332. The first-order valence-electron chi connectivity index (χ1n) is 9.97. The van der Waals surface area contributed by atoms with E-state index < -0.39 is 17.8 Å². The summed E-state index contributed by atoms with van der Waals surface area (Å²) in [5, 5.41) is 10.6. The second-order valence-electron chi connectivity index (χ2n) is 7.51.